The maximum absolute atomic E-state index is 6.21. The number of hydrogen-bond acceptors (Lipinski definition) is 3. The zero-order valence-electron chi connectivity index (χ0n) is 10.4. The maximum Gasteiger partial charge on any atom is 0.132 e. The van der Waals surface area contributed by atoms with Gasteiger partial charge in [-0.25, -0.2) is 0 Å². The second kappa shape index (κ2) is 4.53. The van der Waals surface area contributed by atoms with Crippen molar-refractivity contribution >= 4 is 22.5 Å². The molecule has 96 valence electrons. The summed E-state index contributed by atoms with van der Waals surface area (Å²) in [6.45, 7) is 1.79. The summed E-state index contributed by atoms with van der Waals surface area (Å²) in [7, 11) is 2.15. The van der Waals surface area contributed by atoms with Gasteiger partial charge in [-0.1, -0.05) is 23.7 Å². The molecule has 1 aliphatic rings. The first-order valence-electron chi connectivity index (χ1n) is 6.23. The fourth-order valence-corrected chi connectivity index (χ4v) is 3.22. The molecule has 0 radical (unpaired) electrons. The molecule has 4 nitrogen and oxygen atoms in total. The van der Waals surface area contributed by atoms with Crippen molar-refractivity contribution in [2.45, 2.75) is 12.5 Å². The predicted octanol–water partition coefficient (Wildman–Crippen LogP) is 2.17. The van der Waals surface area contributed by atoms with E-state index in [1.807, 2.05) is 12.1 Å². The lowest BCUT2D eigenvalue weighted by Crippen LogP contribution is -2.20. The highest BCUT2D eigenvalue weighted by Crippen LogP contribution is 2.38. The molecule has 1 aromatic carbocycles. The fraction of sp³-hybridized carbons (Fsp3) is 0.462. The van der Waals surface area contributed by atoms with Crippen molar-refractivity contribution in [3.05, 3.63) is 28.9 Å². The van der Waals surface area contributed by atoms with Gasteiger partial charge in [0, 0.05) is 18.0 Å². The molecule has 1 aromatic heterocycles. The smallest absolute Gasteiger partial charge is 0.132 e. The summed E-state index contributed by atoms with van der Waals surface area (Å²) in [5, 5.41) is 8.75. The summed E-state index contributed by atoms with van der Waals surface area (Å²) >= 11 is 6.21. The lowest BCUT2D eigenvalue weighted by Gasteiger charge is -2.20. The molecule has 5 heteroatoms. The third-order valence-corrected chi connectivity index (χ3v) is 4.17. The molecule has 0 aliphatic carbocycles. The van der Waals surface area contributed by atoms with Crippen LogP contribution in [0.1, 0.15) is 18.0 Å². The fourth-order valence-electron chi connectivity index (χ4n) is 2.97. The highest BCUT2D eigenvalue weighted by molar-refractivity contribution is 6.34. The number of aromatic nitrogens is 2. The van der Waals surface area contributed by atoms with E-state index in [1.54, 1.807) is 0 Å². The van der Waals surface area contributed by atoms with Gasteiger partial charge in [0.1, 0.15) is 5.15 Å². The molecule has 1 fully saturated rings. The molecule has 2 aromatic rings. The van der Waals surface area contributed by atoms with Crippen LogP contribution in [-0.4, -0.2) is 35.2 Å². The van der Waals surface area contributed by atoms with Crippen LogP contribution in [0.25, 0.3) is 10.9 Å². The van der Waals surface area contributed by atoms with Crippen LogP contribution in [0.4, 0.5) is 0 Å². The number of benzene rings is 1. The van der Waals surface area contributed by atoms with E-state index in [0.29, 0.717) is 17.1 Å². The molecule has 2 unspecified atom stereocenters. The first-order valence-corrected chi connectivity index (χ1v) is 6.61. The number of hydrogen-bond donors (Lipinski definition) is 2. The van der Waals surface area contributed by atoms with Gasteiger partial charge >= 0.3 is 0 Å². The number of aromatic amines is 1. The van der Waals surface area contributed by atoms with Crippen LogP contribution in [0.2, 0.25) is 5.15 Å². The summed E-state index contributed by atoms with van der Waals surface area (Å²) in [6, 6.07) is 6.55. The molecule has 2 atom stereocenters. The topological polar surface area (TPSA) is 57.9 Å². The van der Waals surface area contributed by atoms with Gasteiger partial charge in [-0.3, -0.25) is 10.00 Å². The molecule has 0 spiro atoms. The van der Waals surface area contributed by atoms with E-state index in [0.717, 1.165) is 30.4 Å². The van der Waals surface area contributed by atoms with E-state index < -0.39 is 0 Å². The maximum atomic E-state index is 6.21. The summed E-state index contributed by atoms with van der Waals surface area (Å²) in [4.78, 5) is 2.36. The first-order chi connectivity index (χ1) is 8.70. The van der Waals surface area contributed by atoms with Crippen molar-refractivity contribution in [3.63, 3.8) is 0 Å². The number of halogens is 1. The van der Waals surface area contributed by atoms with Crippen LogP contribution < -0.4 is 5.73 Å². The van der Waals surface area contributed by atoms with Crippen molar-refractivity contribution in [1.82, 2.24) is 15.1 Å². The quantitative estimate of drug-likeness (QED) is 0.874. The lowest BCUT2D eigenvalue weighted by atomic mass is 9.97. The summed E-state index contributed by atoms with van der Waals surface area (Å²) in [6.07, 6.45) is 1.09. The van der Waals surface area contributed by atoms with E-state index in [4.69, 9.17) is 17.3 Å². The monoisotopic (exact) mass is 264 g/mol. The minimum Gasteiger partial charge on any atom is -0.330 e. The molecular formula is C13H17ClN4. The molecule has 3 N–H and O–H groups in total. The Bertz CT molecular complexity index is 565. The Morgan fingerprint density at radius 2 is 2.39 bits per heavy atom. The average Bonchev–Trinajstić information content (AvgIpc) is 2.93. The van der Waals surface area contributed by atoms with Gasteiger partial charge in [-0.15, -0.1) is 0 Å². The van der Waals surface area contributed by atoms with Crippen LogP contribution in [0, 0.1) is 5.92 Å². The van der Waals surface area contributed by atoms with Crippen LogP contribution in [-0.2, 0) is 0 Å². The van der Waals surface area contributed by atoms with E-state index >= 15 is 0 Å². The Morgan fingerprint density at radius 3 is 3.11 bits per heavy atom. The number of likely N-dealkylation sites (tertiary alicyclic amines) is 1. The predicted molar refractivity (Wildman–Crippen MR) is 73.6 cm³/mol. The molecule has 0 saturated carbocycles. The van der Waals surface area contributed by atoms with Crippen molar-refractivity contribution < 1.29 is 0 Å². The number of rotatable bonds is 2. The van der Waals surface area contributed by atoms with Gasteiger partial charge in [0.25, 0.3) is 0 Å². The summed E-state index contributed by atoms with van der Waals surface area (Å²) in [5.41, 5.74) is 7.97. The summed E-state index contributed by atoms with van der Waals surface area (Å²) in [5.74, 6) is 0.570. The standard InChI is InChI=1S/C13H17ClN4/c1-18-7-8(6-15)5-11(18)9-3-2-4-10-12(9)13(14)17-16-10/h2-4,8,11H,5-7,15H2,1H3,(H,16,17). The van der Waals surface area contributed by atoms with E-state index in [1.165, 1.54) is 5.56 Å². The van der Waals surface area contributed by atoms with E-state index in [2.05, 4.69) is 28.2 Å². The zero-order valence-corrected chi connectivity index (χ0v) is 11.1. The van der Waals surface area contributed by atoms with Crippen molar-refractivity contribution in [2.24, 2.45) is 11.7 Å². The molecule has 3 rings (SSSR count). The minimum atomic E-state index is 0.386. The molecule has 18 heavy (non-hydrogen) atoms. The molecular weight excluding hydrogens is 248 g/mol. The highest BCUT2D eigenvalue weighted by Gasteiger charge is 2.31. The number of H-pyrrole nitrogens is 1. The van der Waals surface area contributed by atoms with Crippen molar-refractivity contribution in [3.8, 4) is 0 Å². The SMILES string of the molecule is CN1CC(CN)CC1c1cccc2n[nH]c(Cl)c12. The normalized spacial score (nSPS) is 25.1. The number of nitrogens with one attached hydrogen (secondary N) is 1. The van der Waals surface area contributed by atoms with Crippen molar-refractivity contribution in [1.29, 1.82) is 0 Å². The van der Waals surface area contributed by atoms with Crippen molar-refractivity contribution in [2.75, 3.05) is 20.1 Å². The molecule has 1 aliphatic heterocycles. The third-order valence-electron chi connectivity index (χ3n) is 3.90. The first kappa shape index (κ1) is 12.0. The van der Waals surface area contributed by atoms with Gasteiger partial charge in [0.2, 0.25) is 0 Å². The van der Waals surface area contributed by atoms with Crippen LogP contribution in [0.5, 0.6) is 0 Å². The Kier molecular flexibility index (Phi) is 3.01. The second-order valence-corrected chi connectivity index (χ2v) is 5.45. The number of fused-ring (bicyclic) bond motifs is 1. The van der Waals surface area contributed by atoms with Crippen LogP contribution >= 0.6 is 11.6 Å². The minimum absolute atomic E-state index is 0.386. The lowest BCUT2D eigenvalue weighted by molar-refractivity contribution is 0.315. The molecule has 2 heterocycles. The molecule has 1 saturated heterocycles. The molecule has 0 amide bonds. The van der Waals surface area contributed by atoms with Crippen LogP contribution in [0.3, 0.4) is 0 Å². The van der Waals surface area contributed by atoms with E-state index in [9.17, 15) is 0 Å². The van der Waals surface area contributed by atoms with Gasteiger partial charge in [-0.2, -0.15) is 5.10 Å². The third kappa shape index (κ3) is 1.81. The van der Waals surface area contributed by atoms with E-state index in [-0.39, 0.29) is 0 Å². The average molecular weight is 265 g/mol. The number of nitrogens with zero attached hydrogens (tertiary/aromatic N) is 2. The summed E-state index contributed by atoms with van der Waals surface area (Å²) < 4.78 is 0. The van der Waals surface area contributed by atoms with Gasteiger partial charge in [-0.05, 0) is 37.6 Å². The second-order valence-electron chi connectivity index (χ2n) is 5.07. The van der Waals surface area contributed by atoms with Gasteiger partial charge < -0.3 is 5.73 Å². The zero-order chi connectivity index (χ0) is 12.7. The number of nitrogens with two attached hydrogens (primary N) is 1. The van der Waals surface area contributed by atoms with Gasteiger partial charge in [0.05, 0.1) is 5.52 Å². The Balaban J connectivity index is 2.06. The highest BCUT2D eigenvalue weighted by atomic mass is 35.5. The Morgan fingerprint density at radius 1 is 1.56 bits per heavy atom. The largest absolute Gasteiger partial charge is 0.330 e. The molecule has 0 bridgehead atoms. The van der Waals surface area contributed by atoms with Gasteiger partial charge in [0.15, 0.2) is 0 Å². The Labute approximate surface area is 111 Å². The Hall–Kier alpha value is -1.10. The van der Waals surface area contributed by atoms with Crippen LogP contribution in [0.15, 0.2) is 18.2 Å².